The number of Topliss-reactive ketones (excluding diaryl/α,β-unsaturated/α-hetero) is 1. The molecular formula is C8H6ClNO4. The number of rotatable bonds is 4. The van der Waals surface area contributed by atoms with E-state index in [1.165, 1.54) is 6.08 Å². The van der Waals surface area contributed by atoms with Gasteiger partial charge in [-0.25, -0.2) is 9.79 Å². The number of allylic oxidation sites excluding steroid dienone is 2. The Bertz CT molecular complexity index is 370. The summed E-state index contributed by atoms with van der Waals surface area (Å²) in [4.78, 5) is 35.3. The van der Waals surface area contributed by atoms with Gasteiger partial charge in [-0.15, -0.1) is 0 Å². The number of halogens is 1. The van der Waals surface area contributed by atoms with Crippen molar-refractivity contribution in [3.8, 4) is 0 Å². The van der Waals surface area contributed by atoms with E-state index in [0.29, 0.717) is 5.70 Å². The van der Waals surface area contributed by atoms with Crippen molar-refractivity contribution in [3.05, 3.63) is 11.8 Å². The Morgan fingerprint density at radius 1 is 1.50 bits per heavy atom. The van der Waals surface area contributed by atoms with Crippen molar-refractivity contribution in [2.75, 3.05) is 0 Å². The molecule has 6 heteroatoms. The van der Waals surface area contributed by atoms with Gasteiger partial charge in [-0.1, -0.05) is 11.6 Å². The number of hydrogen-bond donors (Lipinski definition) is 1. The highest BCUT2D eigenvalue weighted by Crippen LogP contribution is 2.15. The highest BCUT2D eigenvalue weighted by atomic mass is 35.5. The summed E-state index contributed by atoms with van der Waals surface area (Å²) in [5.74, 6) is -2.80. The first-order chi connectivity index (χ1) is 6.50. The summed E-state index contributed by atoms with van der Waals surface area (Å²) in [6.45, 7) is 0. The Morgan fingerprint density at radius 3 is 2.57 bits per heavy atom. The number of carbonyl (C=O) groups is 3. The second kappa shape index (κ2) is 4.15. The zero-order chi connectivity index (χ0) is 10.7. The Balaban J connectivity index is 2.49. The van der Waals surface area contributed by atoms with Crippen molar-refractivity contribution in [1.29, 1.82) is 0 Å². The van der Waals surface area contributed by atoms with E-state index < -0.39 is 17.5 Å². The number of hydrogen-bond acceptors (Lipinski definition) is 4. The molecule has 74 valence electrons. The first kappa shape index (κ1) is 10.6. The van der Waals surface area contributed by atoms with Crippen LogP contribution in [-0.2, 0) is 14.4 Å². The molecule has 0 radical (unpaired) electrons. The lowest BCUT2D eigenvalue weighted by Gasteiger charge is -1.94. The number of carboxylic acids is 1. The largest absolute Gasteiger partial charge is 0.476 e. The molecule has 0 aromatic heterocycles. The number of ketones is 2. The zero-order valence-electron chi connectivity index (χ0n) is 6.99. The molecule has 0 unspecified atom stereocenters. The predicted octanol–water partition coefficient (Wildman–Crippen LogP) is 0.524. The standard InChI is InChI=1S/C8H6ClNO4/c9-7-6(12)3-4(10-7)1-2-5(11)8(13)14/h3H,1-2H2,(H,13,14). The van der Waals surface area contributed by atoms with Crippen LogP contribution in [0.4, 0.5) is 0 Å². The average molecular weight is 216 g/mol. The molecule has 0 atom stereocenters. The molecule has 1 heterocycles. The third-order valence-corrected chi connectivity index (χ3v) is 1.86. The Labute approximate surface area is 84.1 Å². The molecule has 0 aromatic rings. The molecule has 14 heavy (non-hydrogen) atoms. The van der Waals surface area contributed by atoms with Crippen LogP contribution in [0.1, 0.15) is 12.8 Å². The number of aliphatic imine (C=N–C) groups is 1. The molecule has 1 aliphatic heterocycles. The molecule has 0 aliphatic carbocycles. The second-order valence-corrected chi connectivity index (χ2v) is 2.99. The first-order valence-electron chi connectivity index (χ1n) is 3.76. The molecule has 0 bridgehead atoms. The van der Waals surface area contributed by atoms with Gasteiger partial charge in [0.25, 0.3) is 0 Å². The van der Waals surface area contributed by atoms with Crippen LogP contribution in [0.25, 0.3) is 0 Å². The van der Waals surface area contributed by atoms with Gasteiger partial charge in [-0.2, -0.15) is 0 Å². The van der Waals surface area contributed by atoms with Gasteiger partial charge in [0.15, 0.2) is 5.17 Å². The van der Waals surface area contributed by atoms with Crippen LogP contribution >= 0.6 is 11.6 Å². The lowest BCUT2D eigenvalue weighted by atomic mass is 10.2. The van der Waals surface area contributed by atoms with Gasteiger partial charge < -0.3 is 5.11 Å². The molecule has 0 amide bonds. The van der Waals surface area contributed by atoms with Gasteiger partial charge in [0.1, 0.15) is 0 Å². The summed E-state index contributed by atoms with van der Waals surface area (Å²) in [5.41, 5.74) is 0.342. The highest BCUT2D eigenvalue weighted by Gasteiger charge is 2.17. The van der Waals surface area contributed by atoms with Gasteiger partial charge in [0.2, 0.25) is 11.6 Å². The maximum absolute atomic E-state index is 10.8. The van der Waals surface area contributed by atoms with Crippen molar-refractivity contribution in [3.63, 3.8) is 0 Å². The Kier molecular flexibility index (Phi) is 3.14. The molecule has 1 aliphatic rings. The number of nitrogens with zero attached hydrogens (tertiary/aromatic N) is 1. The monoisotopic (exact) mass is 215 g/mol. The summed E-state index contributed by atoms with van der Waals surface area (Å²) < 4.78 is 0. The summed E-state index contributed by atoms with van der Waals surface area (Å²) in [6, 6.07) is 0. The van der Waals surface area contributed by atoms with Crippen LogP contribution in [-0.4, -0.2) is 27.8 Å². The number of carboxylic acid groups (broad SMARTS) is 1. The van der Waals surface area contributed by atoms with E-state index >= 15 is 0 Å². The smallest absolute Gasteiger partial charge is 0.372 e. The van der Waals surface area contributed by atoms with Gasteiger partial charge in [0.05, 0.1) is 0 Å². The van der Waals surface area contributed by atoms with Crippen molar-refractivity contribution in [2.24, 2.45) is 4.99 Å². The minimum absolute atomic E-state index is 0.118. The normalized spacial score (nSPS) is 15.1. The molecular weight excluding hydrogens is 210 g/mol. The fourth-order valence-corrected chi connectivity index (χ4v) is 1.06. The van der Waals surface area contributed by atoms with Gasteiger partial charge in [0, 0.05) is 18.2 Å². The summed E-state index contributed by atoms with van der Waals surface area (Å²) in [6.07, 6.45) is 1.13. The molecule has 0 aromatic carbocycles. The lowest BCUT2D eigenvalue weighted by molar-refractivity contribution is -0.149. The fraction of sp³-hybridized carbons (Fsp3) is 0.250. The van der Waals surface area contributed by atoms with Crippen LogP contribution in [0.2, 0.25) is 0 Å². The molecule has 1 rings (SSSR count). The van der Waals surface area contributed by atoms with Crippen LogP contribution in [0.3, 0.4) is 0 Å². The second-order valence-electron chi connectivity index (χ2n) is 2.63. The van der Waals surface area contributed by atoms with Crippen molar-refractivity contribution in [2.45, 2.75) is 12.8 Å². The SMILES string of the molecule is O=C(O)C(=O)CCC1=CC(=O)C(Cl)=N1. The molecule has 0 spiro atoms. The minimum Gasteiger partial charge on any atom is -0.476 e. The topological polar surface area (TPSA) is 83.8 Å². The van der Waals surface area contributed by atoms with E-state index in [4.69, 9.17) is 16.7 Å². The zero-order valence-corrected chi connectivity index (χ0v) is 7.74. The van der Waals surface area contributed by atoms with E-state index in [0.717, 1.165) is 0 Å². The molecule has 0 fully saturated rings. The third kappa shape index (κ3) is 2.50. The quantitative estimate of drug-likeness (QED) is 0.693. The van der Waals surface area contributed by atoms with Crippen molar-refractivity contribution < 1.29 is 19.5 Å². The maximum atomic E-state index is 10.8. The summed E-state index contributed by atoms with van der Waals surface area (Å²) in [5, 5.41) is 8.11. The van der Waals surface area contributed by atoms with Gasteiger partial charge >= 0.3 is 5.97 Å². The Hall–Kier alpha value is -1.49. The fourth-order valence-electron chi connectivity index (χ4n) is 0.901. The van der Waals surface area contributed by atoms with Gasteiger partial charge in [-0.3, -0.25) is 9.59 Å². The average Bonchev–Trinajstić information content (AvgIpc) is 2.42. The van der Waals surface area contributed by atoms with Crippen LogP contribution in [0.5, 0.6) is 0 Å². The van der Waals surface area contributed by atoms with E-state index in [1.54, 1.807) is 0 Å². The van der Waals surface area contributed by atoms with Crippen LogP contribution < -0.4 is 0 Å². The minimum atomic E-state index is -1.48. The molecule has 1 N–H and O–H groups in total. The van der Waals surface area contributed by atoms with Gasteiger partial charge in [-0.05, 0) is 6.42 Å². The number of aliphatic carboxylic acids is 1. The Morgan fingerprint density at radius 2 is 2.14 bits per heavy atom. The molecule has 0 saturated heterocycles. The summed E-state index contributed by atoms with van der Waals surface area (Å²) in [7, 11) is 0. The first-order valence-corrected chi connectivity index (χ1v) is 4.13. The van der Waals surface area contributed by atoms with E-state index in [2.05, 4.69) is 4.99 Å². The third-order valence-electron chi connectivity index (χ3n) is 1.59. The summed E-state index contributed by atoms with van der Waals surface area (Å²) >= 11 is 5.38. The van der Waals surface area contributed by atoms with Crippen molar-refractivity contribution in [1.82, 2.24) is 0 Å². The predicted molar refractivity (Wildman–Crippen MR) is 48.3 cm³/mol. The lowest BCUT2D eigenvalue weighted by Crippen LogP contribution is -2.11. The van der Waals surface area contributed by atoms with Crippen LogP contribution in [0.15, 0.2) is 16.8 Å². The number of carbonyl (C=O) groups excluding carboxylic acids is 2. The van der Waals surface area contributed by atoms with Crippen LogP contribution in [0, 0.1) is 0 Å². The van der Waals surface area contributed by atoms with E-state index in [1.807, 2.05) is 0 Å². The van der Waals surface area contributed by atoms with Crippen molar-refractivity contribution >= 4 is 34.3 Å². The van der Waals surface area contributed by atoms with E-state index in [-0.39, 0.29) is 18.0 Å². The highest BCUT2D eigenvalue weighted by molar-refractivity contribution is 6.85. The van der Waals surface area contributed by atoms with E-state index in [9.17, 15) is 14.4 Å². The maximum Gasteiger partial charge on any atom is 0.372 e. The molecule has 0 saturated carbocycles. The molecule has 5 nitrogen and oxygen atoms in total.